The summed E-state index contributed by atoms with van der Waals surface area (Å²) in [5.41, 5.74) is 5.56. The molecule has 0 aliphatic carbocycles. The highest BCUT2D eigenvalue weighted by atomic mass is 16.2. The van der Waals surface area contributed by atoms with Gasteiger partial charge in [0.15, 0.2) is 0 Å². The molecule has 2 amide bonds. The van der Waals surface area contributed by atoms with Gasteiger partial charge < -0.3 is 10.2 Å². The van der Waals surface area contributed by atoms with Crippen molar-refractivity contribution >= 4 is 11.8 Å². The number of nitrogens with zero attached hydrogens (tertiary/aromatic N) is 1. The first kappa shape index (κ1) is 22.7. The lowest BCUT2D eigenvalue weighted by atomic mass is 10.0. The molecule has 0 bridgehead atoms. The van der Waals surface area contributed by atoms with Gasteiger partial charge in [-0.05, 0) is 63.3 Å². The molecule has 0 radical (unpaired) electrons. The van der Waals surface area contributed by atoms with Crippen LogP contribution in [0.3, 0.4) is 0 Å². The third-order valence-electron chi connectivity index (χ3n) is 5.22. The third kappa shape index (κ3) is 6.45. The van der Waals surface area contributed by atoms with Crippen molar-refractivity contribution in [2.45, 2.75) is 73.0 Å². The fraction of sp³-hybridized carbons (Fsp3) is 0.440. The van der Waals surface area contributed by atoms with Gasteiger partial charge in [0.25, 0.3) is 0 Å². The van der Waals surface area contributed by atoms with Gasteiger partial charge in [0, 0.05) is 12.6 Å². The van der Waals surface area contributed by atoms with Gasteiger partial charge in [0.05, 0.1) is 6.42 Å². The Labute approximate surface area is 175 Å². The molecule has 0 aliphatic rings. The smallest absolute Gasteiger partial charge is 0.243 e. The molecule has 1 atom stereocenters. The van der Waals surface area contributed by atoms with Crippen LogP contribution in [0, 0.1) is 20.8 Å². The second kappa shape index (κ2) is 10.2. The number of hydrogen-bond acceptors (Lipinski definition) is 2. The summed E-state index contributed by atoms with van der Waals surface area (Å²) in [5.74, 6) is -0.123. The molecule has 0 fully saturated rings. The van der Waals surface area contributed by atoms with E-state index in [0.29, 0.717) is 19.4 Å². The number of hydrogen-bond donors (Lipinski definition) is 1. The van der Waals surface area contributed by atoms with E-state index in [4.69, 9.17) is 0 Å². The lowest BCUT2D eigenvalue weighted by molar-refractivity contribution is -0.141. The first-order valence-corrected chi connectivity index (χ1v) is 10.4. The molecule has 2 aromatic carbocycles. The van der Waals surface area contributed by atoms with Gasteiger partial charge in [-0.3, -0.25) is 9.59 Å². The normalized spacial score (nSPS) is 12.0. The number of carbonyl (C=O) groups excluding carboxylic acids is 2. The summed E-state index contributed by atoms with van der Waals surface area (Å²) in [5, 5.41) is 2.97. The lowest BCUT2D eigenvalue weighted by Crippen LogP contribution is -2.50. The van der Waals surface area contributed by atoms with Gasteiger partial charge in [-0.1, -0.05) is 55.0 Å². The van der Waals surface area contributed by atoms with Gasteiger partial charge in [-0.2, -0.15) is 0 Å². The Morgan fingerprint density at radius 3 is 2.10 bits per heavy atom. The first-order valence-electron chi connectivity index (χ1n) is 10.4. The maximum Gasteiger partial charge on any atom is 0.243 e. The fourth-order valence-electron chi connectivity index (χ4n) is 3.38. The molecular formula is C25H34N2O2. The molecule has 0 aliphatic heterocycles. The lowest BCUT2D eigenvalue weighted by Gasteiger charge is -2.31. The monoisotopic (exact) mass is 394 g/mol. The van der Waals surface area contributed by atoms with Gasteiger partial charge >= 0.3 is 0 Å². The Kier molecular flexibility index (Phi) is 8.00. The van der Waals surface area contributed by atoms with Crippen LogP contribution in [0.25, 0.3) is 0 Å². The molecule has 156 valence electrons. The zero-order valence-corrected chi connectivity index (χ0v) is 18.6. The zero-order valence-electron chi connectivity index (χ0n) is 18.6. The Morgan fingerprint density at radius 1 is 0.931 bits per heavy atom. The SMILES string of the molecule is CCC(C(=O)NC(C)C)N(Cc1ccc(C)cc1)C(=O)Cc1ccc(C)c(C)c1. The molecule has 0 spiro atoms. The minimum atomic E-state index is -0.488. The van der Waals surface area contributed by atoms with E-state index in [-0.39, 0.29) is 17.9 Å². The predicted octanol–water partition coefficient (Wildman–Crippen LogP) is 4.49. The maximum atomic E-state index is 13.3. The molecule has 0 saturated heterocycles. The van der Waals surface area contributed by atoms with Crippen LogP contribution in [-0.2, 0) is 22.6 Å². The van der Waals surface area contributed by atoms with E-state index in [9.17, 15) is 9.59 Å². The molecule has 0 aromatic heterocycles. The molecular weight excluding hydrogens is 360 g/mol. The quantitative estimate of drug-likeness (QED) is 0.717. The maximum absolute atomic E-state index is 13.3. The van der Waals surface area contributed by atoms with E-state index < -0.39 is 6.04 Å². The van der Waals surface area contributed by atoms with Crippen LogP contribution in [0.15, 0.2) is 42.5 Å². The van der Waals surface area contributed by atoms with Crippen molar-refractivity contribution in [3.05, 3.63) is 70.3 Å². The molecule has 29 heavy (non-hydrogen) atoms. The molecule has 2 rings (SSSR count). The van der Waals surface area contributed by atoms with E-state index in [1.807, 2.05) is 64.1 Å². The summed E-state index contributed by atoms with van der Waals surface area (Å²) in [6.07, 6.45) is 0.863. The topological polar surface area (TPSA) is 49.4 Å². The molecule has 0 heterocycles. The Hall–Kier alpha value is -2.62. The first-order chi connectivity index (χ1) is 13.7. The van der Waals surface area contributed by atoms with Gasteiger partial charge in [-0.25, -0.2) is 0 Å². The Morgan fingerprint density at radius 2 is 1.55 bits per heavy atom. The summed E-state index contributed by atoms with van der Waals surface area (Å²) >= 11 is 0. The highest BCUT2D eigenvalue weighted by Crippen LogP contribution is 2.17. The summed E-state index contributed by atoms with van der Waals surface area (Å²) < 4.78 is 0. The summed E-state index contributed by atoms with van der Waals surface area (Å²) in [6, 6.07) is 13.8. The van der Waals surface area contributed by atoms with Crippen molar-refractivity contribution in [3.8, 4) is 0 Å². The summed E-state index contributed by atoms with van der Waals surface area (Å²) in [4.78, 5) is 27.9. The second-order valence-electron chi connectivity index (χ2n) is 8.19. The van der Waals surface area contributed by atoms with Crippen molar-refractivity contribution < 1.29 is 9.59 Å². The number of amides is 2. The number of rotatable bonds is 8. The van der Waals surface area contributed by atoms with Crippen molar-refractivity contribution in [2.75, 3.05) is 0 Å². The molecule has 1 N–H and O–H groups in total. The van der Waals surface area contributed by atoms with E-state index in [1.54, 1.807) is 4.90 Å². The number of benzene rings is 2. The van der Waals surface area contributed by atoms with Gasteiger partial charge in [0.2, 0.25) is 11.8 Å². The third-order valence-corrected chi connectivity index (χ3v) is 5.22. The standard InChI is InChI=1S/C25H34N2O2/c1-7-23(25(29)26-17(2)3)27(16-21-11-8-18(4)9-12-21)24(28)15-22-13-10-19(5)20(6)14-22/h8-14,17,23H,7,15-16H2,1-6H3,(H,26,29). The number of nitrogens with one attached hydrogen (secondary N) is 1. The van der Waals surface area contributed by atoms with Gasteiger partial charge in [0.1, 0.15) is 6.04 Å². The Balaban J connectivity index is 2.30. The second-order valence-corrected chi connectivity index (χ2v) is 8.19. The van der Waals surface area contributed by atoms with Crippen LogP contribution >= 0.6 is 0 Å². The van der Waals surface area contributed by atoms with Crippen molar-refractivity contribution in [1.29, 1.82) is 0 Å². The molecule has 4 heteroatoms. The summed E-state index contributed by atoms with van der Waals surface area (Å²) in [7, 11) is 0. The van der Waals surface area contributed by atoms with Crippen LogP contribution in [0.1, 0.15) is 55.0 Å². The number of carbonyl (C=O) groups is 2. The molecule has 0 saturated carbocycles. The largest absolute Gasteiger partial charge is 0.352 e. The van der Waals surface area contributed by atoms with E-state index in [0.717, 1.165) is 11.1 Å². The predicted molar refractivity (Wildman–Crippen MR) is 119 cm³/mol. The van der Waals surface area contributed by atoms with Crippen molar-refractivity contribution in [2.24, 2.45) is 0 Å². The average Bonchev–Trinajstić information content (AvgIpc) is 2.65. The minimum absolute atomic E-state index is 0.0282. The van der Waals surface area contributed by atoms with Crippen LogP contribution < -0.4 is 5.32 Å². The van der Waals surface area contributed by atoms with Crippen LogP contribution in [0.4, 0.5) is 0 Å². The van der Waals surface area contributed by atoms with E-state index in [1.165, 1.54) is 16.7 Å². The molecule has 4 nitrogen and oxygen atoms in total. The molecule has 1 unspecified atom stereocenters. The highest BCUT2D eigenvalue weighted by Gasteiger charge is 2.29. The van der Waals surface area contributed by atoms with Crippen molar-refractivity contribution in [1.82, 2.24) is 10.2 Å². The van der Waals surface area contributed by atoms with Crippen LogP contribution in [0.5, 0.6) is 0 Å². The summed E-state index contributed by atoms with van der Waals surface area (Å²) in [6.45, 7) is 12.4. The average molecular weight is 395 g/mol. The molecule has 2 aromatic rings. The van der Waals surface area contributed by atoms with E-state index in [2.05, 4.69) is 25.2 Å². The zero-order chi connectivity index (χ0) is 21.6. The number of aryl methyl sites for hydroxylation is 3. The van der Waals surface area contributed by atoms with Crippen molar-refractivity contribution in [3.63, 3.8) is 0 Å². The minimum Gasteiger partial charge on any atom is -0.352 e. The van der Waals surface area contributed by atoms with Gasteiger partial charge in [-0.15, -0.1) is 0 Å². The Bertz CT molecular complexity index is 840. The van der Waals surface area contributed by atoms with E-state index >= 15 is 0 Å². The van der Waals surface area contributed by atoms with Crippen LogP contribution in [-0.4, -0.2) is 28.8 Å². The highest BCUT2D eigenvalue weighted by molar-refractivity contribution is 5.88. The fourth-order valence-corrected chi connectivity index (χ4v) is 3.38. The van der Waals surface area contributed by atoms with Crippen LogP contribution in [0.2, 0.25) is 0 Å².